The fraction of sp³-hybridized carbons (Fsp3) is 0.455. The molecule has 0 bridgehead atoms. The normalized spacial score (nSPS) is 13.9. The number of carbonyl (C=O) groups excluding carboxylic acids is 1. The maximum absolute atomic E-state index is 13.4. The largest absolute Gasteiger partial charge is 0.510 e. The van der Waals surface area contributed by atoms with E-state index in [1.165, 1.54) is 37.5 Å². The molecular formula is C33H49F4NO2. The van der Waals surface area contributed by atoms with Crippen LogP contribution in [0.2, 0.25) is 0 Å². The van der Waals surface area contributed by atoms with E-state index in [4.69, 9.17) is 0 Å². The Labute approximate surface area is 239 Å². The molecule has 0 fully saturated rings. The number of hydrogen-bond acceptors (Lipinski definition) is 3. The van der Waals surface area contributed by atoms with E-state index in [1.54, 1.807) is 32.1 Å². The average molecular weight is 568 g/mol. The lowest BCUT2D eigenvalue weighted by atomic mass is 9.92. The Kier molecular flexibility index (Phi) is 22.3. The van der Waals surface area contributed by atoms with Crippen LogP contribution in [-0.2, 0) is 4.79 Å². The fourth-order valence-corrected chi connectivity index (χ4v) is 3.61. The summed E-state index contributed by atoms with van der Waals surface area (Å²) in [6.07, 6.45) is 4.41. The van der Waals surface area contributed by atoms with Crippen LogP contribution in [0.3, 0.4) is 0 Å². The molecule has 0 radical (unpaired) electrons. The van der Waals surface area contributed by atoms with E-state index in [0.717, 1.165) is 26.3 Å². The summed E-state index contributed by atoms with van der Waals surface area (Å²) in [4.78, 5) is 15.1. The number of alkyl halides is 3. The van der Waals surface area contributed by atoms with Gasteiger partial charge in [0.15, 0.2) is 5.78 Å². The topological polar surface area (TPSA) is 49.7 Å². The molecule has 0 aliphatic rings. The number of Topliss-reactive ketones (excluding diaryl/α,β-unsaturated/α-hetero) is 1. The third-order valence-corrected chi connectivity index (χ3v) is 5.60. The van der Waals surface area contributed by atoms with Crippen LogP contribution in [-0.4, -0.2) is 22.8 Å². The fourth-order valence-electron chi connectivity index (χ4n) is 3.61. The van der Waals surface area contributed by atoms with Crippen molar-refractivity contribution >= 4 is 11.5 Å². The highest BCUT2D eigenvalue weighted by atomic mass is 19.4. The van der Waals surface area contributed by atoms with Crippen molar-refractivity contribution in [1.82, 2.24) is 0 Å². The number of nitrogens with zero attached hydrogens (tertiary/aromatic N) is 1. The lowest BCUT2D eigenvalue weighted by Gasteiger charge is -2.14. The van der Waals surface area contributed by atoms with Crippen LogP contribution in [0.25, 0.3) is 0 Å². The molecule has 0 saturated heterocycles. The van der Waals surface area contributed by atoms with Crippen LogP contribution in [0.4, 0.5) is 17.6 Å². The third kappa shape index (κ3) is 14.8. The van der Waals surface area contributed by atoms with E-state index in [-0.39, 0.29) is 13.2 Å². The Morgan fingerprint density at radius 3 is 1.85 bits per heavy atom. The predicted molar refractivity (Wildman–Crippen MR) is 163 cm³/mol. The summed E-state index contributed by atoms with van der Waals surface area (Å²) in [5.74, 6) is -0.599. The van der Waals surface area contributed by atoms with E-state index in [9.17, 15) is 27.5 Å². The Bertz CT molecular complexity index is 1050. The van der Waals surface area contributed by atoms with Gasteiger partial charge in [0.25, 0.3) is 0 Å². The van der Waals surface area contributed by atoms with E-state index in [0.29, 0.717) is 17.1 Å². The SMILES string of the molecule is C.C=CC(=C\C)/C(=C/C)/C=C(\C(C)=N/C(C(C)=O)=C(\C)O)C(F)(F)F.CC.CCCC(CC)c1ccc(F)cc1. The predicted octanol–water partition coefficient (Wildman–Crippen LogP) is 11.2. The van der Waals surface area contributed by atoms with Crippen molar-refractivity contribution < 1.29 is 27.5 Å². The van der Waals surface area contributed by atoms with Crippen LogP contribution in [0.1, 0.15) is 100 Å². The summed E-state index contributed by atoms with van der Waals surface area (Å²) >= 11 is 0. The van der Waals surface area contributed by atoms with Gasteiger partial charge in [-0.1, -0.05) is 78.5 Å². The van der Waals surface area contributed by atoms with Crippen LogP contribution < -0.4 is 0 Å². The summed E-state index contributed by atoms with van der Waals surface area (Å²) in [5, 5.41) is 9.43. The summed E-state index contributed by atoms with van der Waals surface area (Å²) < 4.78 is 52.9. The molecule has 0 heterocycles. The van der Waals surface area contributed by atoms with Gasteiger partial charge in [-0.05, 0) is 81.4 Å². The van der Waals surface area contributed by atoms with Gasteiger partial charge in [-0.2, -0.15) is 13.2 Å². The second-order valence-corrected chi connectivity index (χ2v) is 8.38. The molecular weight excluding hydrogens is 518 g/mol. The number of allylic oxidation sites excluding steroid dienone is 9. The van der Waals surface area contributed by atoms with Gasteiger partial charge in [0, 0.05) is 6.92 Å². The van der Waals surface area contributed by atoms with Crippen molar-refractivity contribution in [1.29, 1.82) is 0 Å². The maximum Gasteiger partial charge on any atom is 0.418 e. The van der Waals surface area contributed by atoms with Gasteiger partial charge in [-0.15, -0.1) is 0 Å². The van der Waals surface area contributed by atoms with Gasteiger partial charge in [-0.3, -0.25) is 4.79 Å². The maximum atomic E-state index is 13.4. The number of carbonyl (C=O) groups is 1. The monoisotopic (exact) mass is 567 g/mol. The molecule has 0 saturated carbocycles. The summed E-state index contributed by atoms with van der Waals surface area (Å²) in [5.41, 5.74) is 0.304. The minimum atomic E-state index is -4.67. The van der Waals surface area contributed by atoms with Gasteiger partial charge < -0.3 is 5.11 Å². The minimum absolute atomic E-state index is 0. The lowest BCUT2D eigenvalue weighted by molar-refractivity contribution is -0.113. The first-order chi connectivity index (χ1) is 18.3. The summed E-state index contributed by atoms with van der Waals surface area (Å²) in [6.45, 7) is 18.7. The Balaban J connectivity index is -0.000000720. The van der Waals surface area contributed by atoms with Crippen LogP contribution in [0, 0.1) is 5.82 Å². The molecule has 0 spiro atoms. The van der Waals surface area contributed by atoms with Crippen LogP contribution in [0.15, 0.2) is 88.3 Å². The van der Waals surface area contributed by atoms with Gasteiger partial charge in [-0.25, -0.2) is 9.38 Å². The standard InChI is InChI=1S/C18H22F3NO2.C12H17F.C2H6.CH4/c1-7-14(8-2)15(9-3)10-16(18(19,20)21)11(4)22-17(12(5)23)13(6)24;1-3-5-10(4-2)11-6-8-12(13)9-7-11;1-2;/h7-10,23H,1H2,2-6H3;6-10H,3-5H2,1-2H3;1-2H3;1H4/b14-8+,15-9+,16-10+,17-12+,22-11-;;;. The number of hydrogen-bond donors (Lipinski definition) is 1. The van der Waals surface area contributed by atoms with Crippen LogP contribution in [0.5, 0.6) is 0 Å². The highest BCUT2D eigenvalue weighted by Gasteiger charge is 2.36. The highest BCUT2D eigenvalue weighted by molar-refractivity contribution is 6.04. The minimum Gasteiger partial charge on any atom is -0.510 e. The molecule has 0 aliphatic carbocycles. The number of benzene rings is 1. The Morgan fingerprint density at radius 1 is 1.02 bits per heavy atom. The van der Waals surface area contributed by atoms with Crippen molar-refractivity contribution in [2.45, 2.75) is 101 Å². The number of aliphatic hydroxyl groups is 1. The average Bonchev–Trinajstić information content (AvgIpc) is 2.89. The van der Waals surface area contributed by atoms with Crippen molar-refractivity contribution in [3.63, 3.8) is 0 Å². The van der Waals surface area contributed by atoms with Gasteiger partial charge in [0.05, 0.1) is 11.3 Å². The third-order valence-electron chi connectivity index (χ3n) is 5.60. The van der Waals surface area contributed by atoms with E-state index in [1.807, 2.05) is 26.0 Å². The first kappa shape index (κ1) is 41.3. The molecule has 1 aromatic carbocycles. The molecule has 3 nitrogen and oxygen atoms in total. The molecule has 1 rings (SSSR count). The molecule has 7 heteroatoms. The van der Waals surface area contributed by atoms with Crippen molar-refractivity contribution in [2.75, 3.05) is 0 Å². The number of halogens is 4. The first-order valence-electron chi connectivity index (χ1n) is 13.2. The number of rotatable bonds is 10. The molecule has 40 heavy (non-hydrogen) atoms. The Hall–Kier alpha value is -3.22. The van der Waals surface area contributed by atoms with Crippen molar-refractivity contribution in [2.24, 2.45) is 4.99 Å². The summed E-state index contributed by atoms with van der Waals surface area (Å²) in [6, 6.07) is 6.90. The first-order valence-corrected chi connectivity index (χ1v) is 13.2. The summed E-state index contributed by atoms with van der Waals surface area (Å²) in [7, 11) is 0. The molecule has 226 valence electrons. The molecule has 1 unspecified atom stereocenters. The zero-order chi connectivity index (χ0) is 30.8. The second kappa shape index (κ2) is 21.6. The van der Waals surface area contributed by atoms with E-state index in [2.05, 4.69) is 25.4 Å². The molecule has 1 atom stereocenters. The lowest BCUT2D eigenvalue weighted by Crippen LogP contribution is -2.19. The number of aliphatic hydroxyl groups excluding tert-OH is 1. The molecule has 0 amide bonds. The quantitative estimate of drug-likeness (QED) is 0.100. The van der Waals surface area contributed by atoms with Gasteiger partial charge in [0.1, 0.15) is 17.3 Å². The molecule has 1 aromatic rings. The van der Waals surface area contributed by atoms with Crippen molar-refractivity contribution in [3.8, 4) is 0 Å². The van der Waals surface area contributed by atoms with Gasteiger partial charge in [0.2, 0.25) is 0 Å². The Morgan fingerprint density at radius 2 is 1.52 bits per heavy atom. The number of aliphatic imine (C=N–C) groups is 1. The number of ketones is 1. The van der Waals surface area contributed by atoms with E-state index < -0.39 is 34.7 Å². The molecule has 0 aliphatic heterocycles. The van der Waals surface area contributed by atoms with E-state index >= 15 is 0 Å². The smallest absolute Gasteiger partial charge is 0.418 e. The zero-order valence-electron chi connectivity index (χ0n) is 24.8. The second-order valence-electron chi connectivity index (χ2n) is 8.38. The highest BCUT2D eigenvalue weighted by Crippen LogP contribution is 2.30. The molecule has 1 N–H and O–H groups in total. The zero-order valence-corrected chi connectivity index (χ0v) is 24.8. The van der Waals surface area contributed by atoms with Crippen molar-refractivity contribution in [3.05, 3.63) is 94.7 Å². The molecule has 0 aromatic heterocycles. The van der Waals surface area contributed by atoms with Gasteiger partial charge >= 0.3 is 6.18 Å². The van der Waals surface area contributed by atoms with Crippen LogP contribution >= 0.6 is 0 Å².